The highest BCUT2D eigenvalue weighted by Crippen LogP contribution is 2.30. The molecule has 5 nitrogen and oxygen atoms in total. The number of carboxylic acid groups (broad SMARTS) is 1. The van der Waals surface area contributed by atoms with E-state index >= 15 is 0 Å². The number of aryl methyl sites for hydroxylation is 1. The molecule has 1 amide bonds. The number of hydrogen-bond acceptors (Lipinski definition) is 4. The molecule has 0 aliphatic carbocycles. The minimum atomic E-state index is -1.03. The molecule has 0 radical (unpaired) electrons. The highest BCUT2D eigenvalue weighted by Gasteiger charge is 2.22. The van der Waals surface area contributed by atoms with Gasteiger partial charge in [0.15, 0.2) is 11.0 Å². The van der Waals surface area contributed by atoms with E-state index in [9.17, 15) is 14.7 Å². The molecule has 1 atom stereocenters. The number of thiophene rings is 1. The van der Waals surface area contributed by atoms with Crippen LogP contribution < -0.4 is 10.1 Å². The second-order valence-corrected chi connectivity index (χ2v) is 5.98. The Morgan fingerprint density at radius 1 is 1.33 bits per heavy atom. The summed E-state index contributed by atoms with van der Waals surface area (Å²) in [5.74, 6) is -0.969. The average Bonchev–Trinajstić information content (AvgIpc) is 2.87. The number of carbonyl (C=O) groups excluding carboxylic acids is 1. The molecule has 118 valence electrons. The molecule has 0 saturated heterocycles. The van der Waals surface area contributed by atoms with Gasteiger partial charge in [-0.3, -0.25) is 4.79 Å². The summed E-state index contributed by atoms with van der Waals surface area (Å²) in [6, 6.07) is 1.82. The smallest absolute Gasteiger partial charge is 0.349 e. The SMILES string of the molecule is CCc1cc(OC(C)C(=O)NC(CC)CC)c(C(=O)O)s1. The Labute approximate surface area is 129 Å². The fourth-order valence-corrected chi connectivity index (χ4v) is 2.76. The van der Waals surface area contributed by atoms with Crippen LogP contribution >= 0.6 is 11.3 Å². The van der Waals surface area contributed by atoms with Crippen LogP contribution in [0.4, 0.5) is 0 Å². The molecule has 1 unspecified atom stereocenters. The number of ether oxygens (including phenoxy) is 1. The number of nitrogens with one attached hydrogen (secondary N) is 1. The highest BCUT2D eigenvalue weighted by molar-refractivity contribution is 7.14. The lowest BCUT2D eigenvalue weighted by Crippen LogP contribution is -2.42. The first-order valence-corrected chi connectivity index (χ1v) is 8.07. The first-order valence-electron chi connectivity index (χ1n) is 7.25. The lowest BCUT2D eigenvalue weighted by atomic mass is 10.1. The molecule has 0 aromatic carbocycles. The molecular weight excluding hydrogens is 290 g/mol. The number of rotatable bonds is 8. The third-order valence-corrected chi connectivity index (χ3v) is 4.55. The van der Waals surface area contributed by atoms with Crippen molar-refractivity contribution >= 4 is 23.2 Å². The number of aromatic carboxylic acids is 1. The van der Waals surface area contributed by atoms with Gasteiger partial charge in [-0.25, -0.2) is 4.79 Å². The number of carboxylic acids is 1. The molecule has 1 heterocycles. The van der Waals surface area contributed by atoms with Crippen molar-refractivity contribution in [1.29, 1.82) is 0 Å². The molecule has 21 heavy (non-hydrogen) atoms. The van der Waals surface area contributed by atoms with Gasteiger partial charge in [0, 0.05) is 10.9 Å². The van der Waals surface area contributed by atoms with Gasteiger partial charge in [0.1, 0.15) is 5.75 Å². The van der Waals surface area contributed by atoms with Crippen LogP contribution in [0.1, 0.15) is 55.1 Å². The summed E-state index contributed by atoms with van der Waals surface area (Å²) in [5.41, 5.74) is 0. The van der Waals surface area contributed by atoms with E-state index in [0.717, 1.165) is 24.1 Å². The molecule has 6 heteroatoms. The maximum Gasteiger partial charge on any atom is 0.349 e. The van der Waals surface area contributed by atoms with E-state index in [1.165, 1.54) is 11.3 Å². The van der Waals surface area contributed by atoms with Crippen molar-refractivity contribution in [3.63, 3.8) is 0 Å². The van der Waals surface area contributed by atoms with Crippen molar-refractivity contribution in [2.45, 2.75) is 59.1 Å². The van der Waals surface area contributed by atoms with Gasteiger partial charge >= 0.3 is 5.97 Å². The van der Waals surface area contributed by atoms with E-state index in [0.29, 0.717) is 0 Å². The van der Waals surface area contributed by atoms with Gasteiger partial charge < -0.3 is 15.2 Å². The topological polar surface area (TPSA) is 75.6 Å². The molecule has 0 fully saturated rings. The molecule has 1 aromatic rings. The Balaban J connectivity index is 2.78. The summed E-state index contributed by atoms with van der Waals surface area (Å²) in [5, 5.41) is 12.1. The largest absolute Gasteiger partial charge is 0.479 e. The van der Waals surface area contributed by atoms with Crippen LogP contribution in [0.2, 0.25) is 0 Å². The van der Waals surface area contributed by atoms with Crippen molar-refractivity contribution in [1.82, 2.24) is 5.32 Å². The van der Waals surface area contributed by atoms with Crippen LogP contribution in [0.15, 0.2) is 6.07 Å². The number of hydrogen-bond donors (Lipinski definition) is 2. The molecular formula is C15H23NO4S. The maximum atomic E-state index is 12.1. The lowest BCUT2D eigenvalue weighted by molar-refractivity contribution is -0.128. The van der Waals surface area contributed by atoms with E-state index in [1.54, 1.807) is 13.0 Å². The molecule has 0 aliphatic rings. The van der Waals surface area contributed by atoms with Crippen molar-refractivity contribution in [3.05, 3.63) is 15.8 Å². The fraction of sp³-hybridized carbons (Fsp3) is 0.600. The standard InChI is InChI=1S/C15H23NO4S/c1-5-10(6-2)16-14(17)9(4)20-12-8-11(7-3)21-13(12)15(18)19/h8-10H,5-7H2,1-4H3,(H,16,17)(H,18,19). The first kappa shape index (κ1) is 17.5. The van der Waals surface area contributed by atoms with Crippen LogP contribution in [0, 0.1) is 0 Å². The number of carbonyl (C=O) groups is 2. The molecule has 1 aromatic heterocycles. The summed E-state index contributed by atoms with van der Waals surface area (Å²) >= 11 is 1.19. The molecule has 0 aliphatic heterocycles. The van der Waals surface area contributed by atoms with Crippen molar-refractivity contribution in [2.75, 3.05) is 0 Å². The zero-order valence-corrected chi connectivity index (χ0v) is 13.8. The number of amides is 1. The summed E-state index contributed by atoms with van der Waals surface area (Å²) < 4.78 is 5.56. The Morgan fingerprint density at radius 3 is 2.43 bits per heavy atom. The second kappa shape index (κ2) is 8.02. The summed E-state index contributed by atoms with van der Waals surface area (Å²) in [7, 11) is 0. The van der Waals surface area contributed by atoms with Gasteiger partial charge in [0.2, 0.25) is 0 Å². The van der Waals surface area contributed by atoms with Crippen LogP contribution in [0.3, 0.4) is 0 Å². The Bertz CT molecular complexity index is 494. The molecule has 2 N–H and O–H groups in total. The van der Waals surface area contributed by atoms with Gasteiger partial charge in [-0.05, 0) is 32.3 Å². The average molecular weight is 313 g/mol. The fourth-order valence-electron chi connectivity index (χ4n) is 1.89. The Morgan fingerprint density at radius 2 is 1.95 bits per heavy atom. The third-order valence-electron chi connectivity index (χ3n) is 3.30. The minimum Gasteiger partial charge on any atom is -0.479 e. The van der Waals surface area contributed by atoms with Crippen molar-refractivity contribution < 1.29 is 19.4 Å². The Kier molecular flexibility index (Phi) is 6.68. The van der Waals surface area contributed by atoms with Crippen molar-refractivity contribution in [3.8, 4) is 5.75 Å². The van der Waals surface area contributed by atoms with E-state index in [-0.39, 0.29) is 22.6 Å². The zero-order valence-electron chi connectivity index (χ0n) is 12.9. The van der Waals surface area contributed by atoms with Gasteiger partial charge in [0.05, 0.1) is 0 Å². The summed E-state index contributed by atoms with van der Waals surface area (Å²) in [4.78, 5) is 24.3. The van der Waals surface area contributed by atoms with E-state index in [1.807, 2.05) is 20.8 Å². The van der Waals surface area contributed by atoms with Crippen LogP contribution in [-0.4, -0.2) is 29.1 Å². The molecule has 0 bridgehead atoms. The van der Waals surface area contributed by atoms with E-state index in [2.05, 4.69) is 5.32 Å². The highest BCUT2D eigenvalue weighted by atomic mass is 32.1. The van der Waals surface area contributed by atoms with Gasteiger partial charge in [-0.15, -0.1) is 11.3 Å². The van der Waals surface area contributed by atoms with Crippen LogP contribution in [0.5, 0.6) is 5.75 Å². The summed E-state index contributed by atoms with van der Waals surface area (Å²) in [6.07, 6.45) is 1.73. The summed E-state index contributed by atoms with van der Waals surface area (Å²) in [6.45, 7) is 7.60. The molecule has 0 saturated carbocycles. The normalized spacial score (nSPS) is 12.2. The predicted molar refractivity (Wildman–Crippen MR) is 83.3 cm³/mol. The third kappa shape index (κ3) is 4.74. The minimum absolute atomic E-state index is 0.121. The van der Waals surface area contributed by atoms with Crippen LogP contribution in [-0.2, 0) is 11.2 Å². The van der Waals surface area contributed by atoms with Crippen LogP contribution in [0.25, 0.3) is 0 Å². The monoisotopic (exact) mass is 313 g/mol. The van der Waals surface area contributed by atoms with Crippen molar-refractivity contribution in [2.24, 2.45) is 0 Å². The quantitative estimate of drug-likeness (QED) is 0.773. The zero-order chi connectivity index (χ0) is 16.0. The van der Waals surface area contributed by atoms with Gasteiger partial charge in [-0.1, -0.05) is 20.8 Å². The van der Waals surface area contributed by atoms with E-state index < -0.39 is 12.1 Å². The Hall–Kier alpha value is -1.56. The molecule has 1 rings (SSSR count). The maximum absolute atomic E-state index is 12.1. The first-order chi connectivity index (χ1) is 9.92. The predicted octanol–water partition coefficient (Wildman–Crippen LogP) is 3.08. The molecule has 0 spiro atoms. The van der Waals surface area contributed by atoms with Gasteiger partial charge in [0.25, 0.3) is 5.91 Å². The van der Waals surface area contributed by atoms with E-state index in [4.69, 9.17) is 4.74 Å². The lowest BCUT2D eigenvalue weighted by Gasteiger charge is -2.19. The second-order valence-electron chi connectivity index (χ2n) is 4.85. The van der Waals surface area contributed by atoms with Gasteiger partial charge in [-0.2, -0.15) is 0 Å².